The van der Waals surface area contributed by atoms with Gasteiger partial charge in [0.2, 0.25) is 10.0 Å². The molecule has 0 aliphatic carbocycles. The van der Waals surface area contributed by atoms with Crippen LogP contribution >= 0.6 is 0 Å². The van der Waals surface area contributed by atoms with E-state index in [0.29, 0.717) is 24.2 Å². The van der Waals surface area contributed by atoms with Gasteiger partial charge in [-0.25, -0.2) is 12.8 Å². The molecule has 14 heteroatoms. The molecule has 6 rings (SSSR count). The first kappa shape index (κ1) is 39.8. The predicted molar refractivity (Wildman–Crippen MR) is 211 cm³/mol. The van der Waals surface area contributed by atoms with Crippen LogP contribution in [0, 0.1) is 5.82 Å². The Morgan fingerprint density at radius 2 is 1.45 bits per heavy atom. The van der Waals surface area contributed by atoms with Crippen molar-refractivity contribution in [2.45, 2.75) is 50.9 Å². The van der Waals surface area contributed by atoms with Crippen molar-refractivity contribution in [3.8, 4) is 0 Å². The summed E-state index contributed by atoms with van der Waals surface area (Å²) in [7, 11) is -2.48. The lowest BCUT2D eigenvalue weighted by Gasteiger charge is -2.25. The fraction of sp³-hybridized carbons (Fsp3) is 0.286. The number of anilines is 1. The summed E-state index contributed by atoms with van der Waals surface area (Å²) in [5, 5.41) is 21.7. The summed E-state index contributed by atoms with van der Waals surface area (Å²) in [6.07, 6.45) is 4.62. The first-order valence-electron chi connectivity index (χ1n) is 18.3. The number of fused-ring (bicyclic) bond motifs is 1. The Hall–Kier alpha value is -5.86. The Balaban J connectivity index is 1.21. The molecule has 0 spiro atoms. The summed E-state index contributed by atoms with van der Waals surface area (Å²) in [6.45, 7) is 2.81. The highest BCUT2D eigenvalue weighted by Crippen LogP contribution is 2.23. The van der Waals surface area contributed by atoms with E-state index in [4.69, 9.17) is 0 Å². The Bertz CT molecular complexity index is 2270. The fourth-order valence-corrected chi connectivity index (χ4v) is 7.20. The largest absolute Gasteiger partial charge is 0.389 e. The highest BCUT2D eigenvalue weighted by atomic mass is 32.2. The van der Waals surface area contributed by atoms with E-state index in [1.807, 2.05) is 47.4 Å². The number of hydrogen-bond donors (Lipinski definition) is 3. The van der Waals surface area contributed by atoms with Gasteiger partial charge in [0.15, 0.2) is 0 Å². The first-order valence-corrected chi connectivity index (χ1v) is 20.2. The highest BCUT2D eigenvalue weighted by molar-refractivity contribution is 7.92. The molecule has 4 aromatic carbocycles. The van der Waals surface area contributed by atoms with Crippen LogP contribution < -0.4 is 14.9 Å². The van der Waals surface area contributed by atoms with Crippen molar-refractivity contribution in [1.29, 1.82) is 0 Å². The van der Waals surface area contributed by atoms with Gasteiger partial charge in [0.1, 0.15) is 5.82 Å². The van der Waals surface area contributed by atoms with Gasteiger partial charge in [-0.2, -0.15) is 5.10 Å². The summed E-state index contributed by atoms with van der Waals surface area (Å²) in [6, 6.07) is 25.8. The minimum absolute atomic E-state index is 0.0132. The summed E-state index contributed by atoms with van der Waals surface area (Å²) < 4.78 is 41.1. The Labute approximate surface area is 326 Å². The molecule has 0 radical (unpaired) electrons. The number of nitrogens with zero attached hydrogens (tertiary/aromatic N) is 4. The first-order chi connectivity index (χ1) is 26.7. The lowest BCUT2D eigenvalue weighted by atomic mass is 10.00. The summed E-state index contributed by atoms with van der Waals surface area (Å²) in [4.78, 5) is 42.9. The summed E-state index contributed by atoms with van der Waals surface area (Å²) in [5.74, 6) is -1.82. The predicted octanol–water partition coefficient (Wildman–Crippen LogP) is 4.55. The van der Waals surface area contributed by atoms with Gasteiger partial charge in [0, 0.05) is 37.5 Å². The second-order valence-electron chi connectivity index (χ2n) is 14.1. The summed E-state index contributed by atoms with van der Waals surface area (Å²) in [5.41, 5.74) is 4.39. The molecule has 292 valence electrons. The standard InChI is InChI=1S/C42H45FN6O6S/c1-28(30-13-15-36(43)16-14-30)45-40(51)33-22-34(24-37(23-33)47(2)56(3,54)55)41(52)46-38(21-29-9-5-4-6-10-29)39(50)27-49-26-35(25-44-49)42(53)48-19-17-31-11-7-8-12-32(31)18-20-48/h4-16,22-26,28,38-39,50H,17-21,27H2,1-3H3,(H,45,51)(H,46,52)/t28-,38+,39+/m1/s1. The van der Waals surface area contributed by atoms with E-state index in [9.17, 15) is 32.3 Å². The lowest BCUT2D eigenvalue weighted by Crippen LogP contribution is -2.46. The second-order valence-corrected chi connectivity index (χ2v) is 16.1. The molecule has 0 bridgehead atoms. The molecule has 3 N–H and O–H groups in total. The lowest BCUT2D eigenvalue weighted by molar-refractivity contribution is 0.0761. The molecule has 2 heterocycles. The molecule has 0 saturated heterocycles. The van der Waals surface area contributed by atoms with E-state index in [1.54, 1.807) is 25.3 Å². The number of sulfonamides is 1. The van der Waals surface area contributed by atoms with E-state index in [1.165, 1.54) is 59.4 Å². The topological polar surface area (TPSA) is 154 Å². The van der Waals surface area contributed by atoms with Gasteiger partial charge in [-0.15, -0.1) is 0 Å². The zero-order valence-electron chi connectivity index (χ0n) is 31.4. The number of carbonyl (C=O) groups excluding carboxylic acids is 3. The van der Waals surface area contributed by atoms with Crippen molar-refractivity contribution >= 4 is 33.4 Å². The maximum Gasteiger partial charge on any atom is 0.257 e. The molecule has 56 heavy (non-hydrogen) atoms. The van der Waals surface area contributed by atoms with Crippen LogP contribution in [0.2, 0.25) is 0 Å². The van der Waals surface area contributed by atoms with Crippen LogP contribution in [-0.4, -0.2) is 84.5 Å². The van der Waals surface area contributed by atoms with Gasteiger partial charge in [-0.3, -0.25) is 23.4 Å². The maximum atomic E-state index is 14.0. The number of aromatic nitrogens is 2. The molecule has 1 aromatic heterocycles. The number of hydrogen-bond acceptors (Lipinski definition) is 7. The third-order valence-corrected chi connectivity index (χ3v) is 11.3. The summed E-state index contributed by atoms with van der Waals surface area (Å²) >= 11 is 0. The molecule has 0 saturated carbocycles. The number of aliphatic hydroxyl groups is 1. The minimum Gasteiger partial charge on any atom is -0.389 e. The molecule has 0 fully saturated rings. The Kier molecular flexibility index (Phi) is 12.3. The highest BCUT2D eigenvalue weighted by Gasteiger charge is 2.27. The number of aliphatic hydroxyl groups excluding tert-OH is 1. The van der Waals surface area contributed by atoms with E-state index in [2.05, 4.69) is 27.9 Å². The van der Waals surface area contributed by atoms with Crippen LogP contribution in [-0.2, 0) is 35.8 Å². The Morgan fingerprint density at radius 1 is 0.857 bits per heavy atom. The van der Waals surface area contributed by atoms with Crippen LogP contribution in [0.3, 0.4) is 0 Å². The van der Waals surface area contributed by atoms with Crippen LogP contribution in [0.4, 0.5) is 10.1 Å². The number of amides is 3. The van der Waals surface area contributed by atoms with Crippen LogP contribution in [0.15, 0.2) is 109 Å². The van der Waals surface area contributed by atoms with Crippen molar-refractivity contribution in [2.24, 2.45) is 0 Å². The smallest absolute Gasteiger partial charge is 0.257 e. The van der Waals surface area contributed by atoms with E-state index >= 15 is 0 Å². The molecule has 12 nitrogen and oxygen atoms in total. The number of rotatable bonds is 13. The molecule has 3 amide bonds. The van der Waals surface area contributed by atoms with Crippen LogP contribution in [0.1, 0.15) is 66.3 Å². The number of nitrogens with one attached hydrogen (secondary N) is 2. The third kappa shape index (κ3) is 9.86. The second kappa shape index (κ2) is 17.3. The van der Waals surface area contributed by atoms with Gasteiger partial charge in [0.05, 0.1) is 48.4 Å². The minimum atomic E-state index is -3.79. The van der Waals surface area contributed by atoms with E-state index in [-0.39, 0.29) is 35.7 Å². The number of benzene rings is 4. The molecule has 0 unspecified atom stereocenters. The fourth-order valence-electron chi connectivity index (χ4n) is 6.71. The molecule has 5 aromatic rings. The van der Waals surface area contributed by atoms with Crippen molar-refractivity contribution < 1.29 is 32.3 Å². The third-order valence-electron chi connectivity index (χ3n) is 10.1. The van der Waals surface area contributed by atoms with E-state index < -0.39 is 45.8 Å². The quantitative estimate of drug-likeness (QED) is 0.159. The molecular weight excluding hydrogens is 736 g/mol. The molecule has 3 atom stereocenters. The van der Waals surface area contributed by atoms with Crippen molar-refractivity contribution in [3.05, 3.63) is 154 Å². The zero-order chi connectivity index (χ0) is 40.0. The SMILES string of the molecule is C[C@@H](NC(=O)c1cc(C(=O)N[C@@H](Cc2ccccc2)[C@@H](O)Cn2cc(C(=O)N3CCc4ccccc4CC3)cn2)cc(N(C)S(C)(=O)=O)c1)c1ccc(F)cc1. The molecular formula is C42H45FN6O6S. The average Bonchev–Trinajstić information content (AvgIpc) is 3.54. The van der Waals surface area contributed by atoms with Gasteiger partial charge in [0.25, 0.3) is 17.7 Å². The van der Waals surface area contributed by atoms with Crippen molar-refractivity contribution in [2.75, 3.05) is 30.7 Å². The van der Waals surface area contributed by atoms with Gasteiger partial charge in [-0.1, -0.05) is 66.7 Å². The monoisotopic (exact) mass is 780 g/mol. The maximum absolute atomic E-state index is 14.0. The van der Waals surface area contributed by atoms with Crippen LogP contribution in [0.5, 0.6) is 0 Å². The normalized spacial score (nSPS) is 14.5. The van der Waals surface area contributed by atoms with E-state index in [0.717, 1.165) is 29.0 Å². The van der Waals surface area contributed by atoms with Crippen LogP contribution in [0.25, 0.3) is 0 Å². The zero-order valence-corrected chi connectivity index (χ0v) is 32.2. The molecule has 1 aliphatic rings. The molecule has 1 aliphatic heterocycles. The number of halogens is 1. The number of carbonyl (C=O) groups is 3. The van der Waals surface area contributed by atoms with Crippen molar-refractivity contribution in [1.82, 2.24) is 25.3 Å². The Morgan fingerprint density at radius 3 is 2.05 bits per heavy atom. The van der Waals surface area contributed by atoms with Crippen molar-refractivity contribution in [3.63, 3.8) is 0 Å². The van der Waals surface area contributed by atoms with Gasteiger partial charge >= 0.3 is 0 Å². The van der Waals surface area contributed by atoms with Gasteiger partial charge in [-0.05, 0) is 78.8 Å². The average molecular weight is 781 g/mol. The van der Waals surface area contributed by atoms with Gasteiger partial charge < -0.3 is 20.6 Å².